The number of phosphoric acid groups is 2. The number of phosphoric ester groups is 2. The number of anilines is 4. The quantitative estimate of drug-likeness (QED) is 0.0575. The summed E-state index contributed by atoms with van der Waals surface area (Å²) in [5.74, 6) is -0.575. The average molecular weight is 1430 g/mol. The molecule has 6 fully saturated rings. The number of ether oxygens (including phenoxy) is 4. The third kappa shape index (κ3) is 13.9. The summed E-state index contributed by atoms with van der Waals surface area (Å²) < 4.78 is 142. The van der Waals surface area contributed by atoms with Crippen molar-refractivity contribution in [2.45, 2.75) is 98.3 Å². The molecule has 14 rings (SSSR count). The molecule has 6 aliphatic heterocycles. The SMILES string of the molecule is N.N.Nc1nc2c(ncn2C2OC3COP(=O)(O)OC4C(CNP(=O)([O-])OC2C3F)OC(n2cnc3c(N)ncnc32)C4O)c(=O)[nH]1.Nc1nc2c(ncn2C2OC3COP(=O)(O)OC4C(CNP(=O)([O-])OC2C3F)OC(n2cnc3c(N)ncnc32)C4O)c(=O)[nH]1.[H-].[H-].[Na+].[Na+]. The van der Waals surface area contributed by atoms with Crippen molar-refractivity contribution >= 4 is 99.3 Å². The van der Waals surface area contributed by atoms with Gasteiger partial charge in [-0.1, -0.05) is 0 Å². The minimum absolute atomic E-state index is 0. The van der Waals surface area contributed by atoms with Gasteiger partial charge in [-0.25, -0.2) is 57.8 Å². The molecule has 54 heteroatoms. The Morgan fingerprint density at radius 2 is 0.851 bits per heavy atom. The number of hydrogen-bond acceptors (Lipinski definition) is 36. The Hall–Kier alpha value is -5.02. The number of aromatic amines is 2. The molecule has 14 heterocycles. The molecule has 6 aliphatic rings. The van der Waals surface area contributed by atoms with E-state index in [1.807, 2.05) is 0 Å². The van der Waals surface area contributed by atoms with Crippen LogP contribution in [0.4, 0.5) is 32.3 Å². The van der Waals surface area contributed by atoms with Crippen molar-refractivity contribution in [3.8, 4) is 0 Å². The summed E-state index contributed by atoms with van der Waals surface area (Å²) in [5.41, 5.74) is 21.2. The normalized spacial score (nSPS) is 36.1. The second kappa shape index (κ2) is 27.7. The molecule has 4 bridgehead atoms. The van der Waals surface area contributed by atoms with Crippen LogP contribution < -0.4 is 125 Å². The monoisotopic (exact) mass is 1430 g/mol. The molecular formula is C40H54F2N24Na2O22P4-2. The Balaban J connectivity index is 0.000000255. The van der Waals surface area contributed by atoms with E-state index in [4.69, 9.17) is 69.0 Å². The molecule has 6 saturated heterocycles. The standard InChI is InChI=1S/2C20H24FN11O11P2.2H3N.2Na.2H/c2*21-8-7-2-39-45(37,38)43-12-6(40-18(11(12)33)31-4-26-9-14(22)24-3-25-15(9)31)1-28-44(35,36)42-13(8)19(41-7)32-5-27-10-16(32)29-20(23)30-17(10)34;;;;;;/h2*3-8,11-13,18-19,33H,1-2H2,(H,37,38)(H2,22,24,25)(H2,28,35,36)(H3,23,29,30,34);2*1H3;;;;/q;;;;2*+1;2*-1/p-2. The van der Waals surface area contributed by atoms with Crippen molar-refractivity contribution in [2.75, 3.05) is 49.2 Å². The Bertz CT molecular complexity index is 4190. The van der Waals surface area contributed by atoms with Crippen molar-refractivity contribution < 1.29 is 165 Å². The number of nitrogens with zero attached hydrogens (tertiary/aromatic N) is 14. The predicted octanol–water partition coefficient (Wildman–Crippen LogP) is -10.3. The van der Waals surface area contributed by atoms with Crippen LogP contribution in [-0.4, -0.2) is 198 Å². The zero-order valence-corrected chi connectivity index (χ0v) is 55.8. The van der Waals surface area contributed by atoms with Gasteiger partial charge in [-0.3, -0.25) is 75.2 Å². The number of halogens is 2. The number of fused-ring (bicyclic) bond motifs is 10. The van der Waals surface area contributed by atoms with Crippen LogP contribution in [0.1, 0.15) is 27.8 Å². The summed E-state index contributed by atoms with van der Waals surface area (Å²) in [5, 5.41) is 26.4. The second-order valence-corrected chi connectivity index (χ2v) is 26.2. The minimum atomic E-state index is -5.19. The summed E-state index contributed by atoms with van der Waals surface area (Å²) in [6.45, 7) is -3.26. The zero-order chi connectivity index (χ0) is 63.7. The van der Waals surface area contributed by atoms with Crippen LogP contribution >= 0.6 is 31.1 Å². The maximum absolute atomic E-state index is 15.7. The van der Waals surface area contributed by atoms with E-state index < -0.39 is 167 Å². The van der Waals surface area contributed by atoms with Gasteiger partial charge in [0.2, 0.25) is 27.4 Å². The van der Waals surface area contributed by atoms with E-state index in [9.17, 15) is 57.6 Å². The van der Waals surface area contributed by atoms with E-state index in [0.717, 1.165) is 34.4 Å². The Kier molecular flexibility index (Phi) is 21.6. The zero-order valence-electron chi connectivity index (χ0n) is 50.2. The van der Waals surface area contributed by atoms with Crippen LogP contribution in [0, 0.1) is 0 Å². The number of aromatic nitrogens is 16. The fourth-order valence-electron chi connectivity index (χ4n) is 10.7. The van der Waals surface area contributed by atoms with Gasteiger partial charge in [0.1, 0.15) is 84.7 Å². The number of imidazole rings is 4. The number of H-pyrrole nitrogens is 2. The number of alkyl halides is 2. The molecule has 0 saturated carbocycles. The van der Waals surface area contributed by atoms with Gasteiger partial charge in [0.25, 0.3) is 11.1 Å². The number of hydrogen-bond donors (Lipinski definition) is 14. The average Bonchev–Trinajstić information content (AvgIpc) is 1.62. The smallest absolute Gasteiger partial charge is 1.00 e. The van der Waals surface area contributed by atoms with E-state index in [1.54, 1.807) is 0 Å². The summed E-state index contributed by atoms with van der Waals surface area (Å²) >= 11 is 0. The first kappa shape index (κ1) is 73.2. The molecular weight excluding hydrogens is 1380 g/mol. The fourth-order valence-corrected chi connectivity index (χ4v) is 14.7. The third-order valence-corrected chi connectivity index (χ3v) is 18.9. The molecule has 0 spiro atoms. The van der Waals surface area contributed by atoms with Crippen molar-refractivity contribution in [1.82, 2.24) is 101 Å². The first-order valence-electron chi connectivity index (χ1n) is 26.0. The number of aliphatic hydroxyl groups is 2. The number of nitrogens with one attached hydrogen (secondary N) is 4. The van der Waals surface area contributed by atoms with E-state index in [-0.39, 0.29) is 142 Å². The third-order valence-electron chi connectivity index (χ3n) is 14.7. The molecule has 504 valence electrons. The molecule has 0 aromatic carbocycles. The first-order chi connectivity index (χ1) is 42.6. The maximum Gasteiger partial charge on any atom is 1.00 e. The van der Waals surface area contributed by atoms with Gasteiger partial charge in [-0.05, 0) is 0 Å². The number of rotatable bonds is 4. The van der Waals surface area contributed by atoms with Crippen molar-refractivity contribution in [3.63, 3.8) is 0 Å². The Morgan fingerprint density at radius 3 is 1.22 bits per heavy atom. The maximum atomic E-state index is 15.7. The molecule has 8 aromatic heterocycles. The van der Waals surface area contributed by atoms with Crippen LogP contribution in [0.2, 0.25) is 0 Å². The van der Waals surface area contributed by atoms with Crippen LogP contribution in [0.15, 0.2) is 47.6 Å². The van der Waals surface area contributed by atoms with Crippen molar-refractivity contribution in [1.29, 1.82) is 0 Å². The van der Waals surface area contributed by atoms with E-state index >= 15 is 8.78 Å². The molecule has 0 radical (unpaired) electrons. The molecule has 46 nitrogen and oxygen atoms in total. The van der Waals surface area contributed by atoms with Gasteiger partial charge >= 0.3 is 74.8 Å². The Labute approximate surface area is 567 Å². The largest absolute Gasteiger partial charge is 1.00 e. The number of nitrogen functional groups attached to an aromatic ring is 4. The fraction of sp³-hybridized carbons (Fsp3) is 0.500. The predicted molar refractivity (Wildman–Crippen MR) is 297 cm³/mol. The molecule has 20 atom stereocenters. The topological polar surface area (TPSA) is 700 Å². The molecule has 22 N–H and O–H groups in total. The number of nitrogens with two attached hydrogens (primary N) is 4. The molecule has 94 heavy (non-hydrogen) atoms. The summed E-state index contributed by atoms with van der Waals surface area (Å²) in [6.07, 6.45) is -20.6. The van der Waals surface area contributed by atoms with Gasteiger partial charge < -0.3 is 95.9 Å². The van der Waals surface area contributed by atoms with Crippen LogP contribution in [0.3, 0.4) is 0 Å². The molecule has 0 amide bonds. The molecule has 0 aliphatic carbocycles. The Morgan fingerprint density at radius 1 is 0.511 bits per heavy atom. The molecule has 20 unspecified atom stereocenters. The van der Waals surface area contributed by atoms with Crippen molar-refractivity contribution in [2.24, 2.45) is 0 Å². The van der Waals surface area contributed by atoms with Gasteiger partial charge in [0.05, 0.1) is 38.5 Å². The first-order valence-corrected chi connectivity index (χ1v) is 32.1. The van der Waals surface area contributed by atoms with Gasteiger partial charge in [-0.15, -0.1) is 0 Å². The summed E-state index contributed by atoms with van der Waals surface area (Å²) in [4.78, 5) is 116. The molecule has 8 aromatic rings. The van der Waals surface area contributed by atoms with Crippen molar-refractivity contribution in [3.05, 3.63) is 58.7 Å². The van der Waals surface area contributed by atoms with Crippen LogP contribution in [0.5, 0.6) is 0 Å². The van der Waals surface area contributed by atoms with Gasteiger partial charge in [0.15, 0.2) is 82.5 Å². The second-order valence-electron chi connectivity index (χ2n) is 20.4. The van der Waals surface area contributed by atoms with E-state index in [1.165, 1.54) is 21.8 Å². The van der Waals surface area contributed by atoms with E-state index in [2.05, 4.69) is 70.0 Å². The van der Waals surface area contributed by atoms with Crippen LogP contribution in [0.25, 0.3) is 44.7 Å². The van der Waals surface area contributed by atoms with Crippen LogP contribution in [-0.2, 0) is 64.4 Å². The summed E-state index contributed by atoms with van der Waals surface area (Å²) in [6, 6.07) is 0. The summed E-state index contributed by atoms with van der Waals surface area (Å²) in [7, 11) is -20.6. The van der Waals surface area contributed by atoms with Gasteiger partial charge in [-0.2, -0.15) is 9.97 Å². The van der Waals surface area contributed by atoms with Gasteiger partial charge in [0, 0.05) is 13.1 Å². The van der Waals surface area contributed by atoms with E-state index in [0.29, 0.717) is 0 Å². The minimum Gasteiger partial charge on any atom is -1.00 e. The number of aliphatic hydroxyl groups excluding tert-OH is 2.